The van der Waals surface area contributed by atoms with Gasteiger partial charge in [0.2, 0.25) is 0 Å². The number of amides is 2. The van der Waals surface area contributed by atoms with E-state index in [1.807, 2.05) is 11.0 Å². The predicted octanol–water partition coefficient (Wildman–Crippen LogP) is 5.09. The molecule has 148 valence electrons. The number of anilines is 1. The van der Waals surface area contributed by atoms with E-state index < -0.39 is 0 Å². The Labute approximate surface area is 169 Å². The Kier molecular flexibility index (Phi) is 5.40. The Morgan fingerprint density at radius 1 is 1.21 bits per heavy atom. The van der Waals surface area contributed by atoms with Crippen molar-refractivity contribution in [1.29, 1.82) is 0 Å². The van der Waals surface area contributed by atoms with Crippen LogP contribution in [0.15, 0.2) is 24.3 Å². The van der Waals surface area contributed by atoms with Gasteiger partial charge in [0.1, 0.15) is 5.00 Å². The van der Waals surface area contributed by atoms with Crippen LogP contribution in [0.4, 0.5) is 9.80 Å². The van der Waals surface area contributed by atoms with Crippen LogP contribution in [-0.2, 0) is 17.6 Å². The van der Waals surface area contributed by atoms with Crippen LogP contribution in [0.1, 0.15) is 63.7 Å². The fraction of sp³-hybridized carbons (Fsp3) is 0.455. The van der Waals surface area contributed by atoms with E-state index in [1.54, 1.807) is 0 Å². The Morgan fingerprint density at radius 2 is 2.04 bits per heavy atom. The van der Waals surface area contributed by atoms with Crippen LogP contribution in [0, 0.1) is 6.92 Å². The van der Waals surface area contributed by atoms with Crippen molar-refractivity contribution in [3.63, 3.8) is 0 Å². The van der Waals surface area contributed by atoms with Crippen molar-refractivity contribution < 1.29 is 14.3 Å². The molecule has 28 heavy (non-hydrogen) atoms. The number of hydrogen-bond donors (Lipinski definition) is 1. The first-order valence-corrected chi connectivity index (χ1v) is 10.8. The van der Waals surface area contributed by atoms with E-state index in [2.05, 4.69) is 30.4 Å². The van der Waals surface area contributed by atoms with E-state index in [1.165, 1.54) is 34.5 Å². The predicted molar refractivity (Wildman–Crippen MR) is 111 cm³/mol. The third-order valence-electron chi connectivity index (χ3n) is 5.72. The number of carbonyl (C=O) groups is 2. The molecule has 0 saturated carbocycles. The molecule has 2 aliphatic rings. The van der Waals surface area contributed by atoms with Gasteiger partial charge in [0.05, 0.1) is 18.7 Å². The third-order valence-corrected chi connectivity index (χ3v) is 6.93. The fourth-order valence-electron chi connectivity index (χ4n) is 4.37. The van der Waals surface area contributed by atoms with Crippen LogP contribution in [0.2, 0.25) is 0 Å². The molecule has 0 radical (unpaired) electrons. The summed E-state index contributed by atoms with van der Waals surface area (Å²) in [4.78, 5) is 28.6. The van der Waals surface area contributed by atoms with Gasteiger partial charge in [0.25, 0.3) is 0 Å². The molecule has 1 aromatic carbocycles. The normalized spacial score (nSPS) is 18.6. The molecule has 0 unspecified atom stereocenters. The highest BCUT2D eigenvalue weighted by Crippen LogP contribution is 2.39. The smallest absolute Gasteiger partial charge is 0.341 e. The molecule has 2 heterocycles. The SMILES string of the molecule is COC(=O)c1c(NC(=O)N2CCC[C@H]2c2cccc(C)c2)sc2c1CCCC2. The number of thiophene rings is 1. The minimum absolute atomic E-state index is 0.0797. The molecule has 1 aliphatic carbocycles. The van der Waals surface area contributed by atoms with Crippen LogP contribution in [-0.4, -0.2) is 30.6 Å². The molecule has 1 N–H and O–H groups in total. The molecule has 1 saturated heterocycles. The minimum Gasteiger partial charge on any atom is -0.465 e. The minimum atomic E-state index is -0.355. The number of nitrogens with one attached hydrogen (secondary N) is 1. The lowest BCUT2D eigenvalue weighted by Gasteiger charge is -2.25. The number of hydrogen-bond acceptors (Lipinski definition) is 4. The maximum absolute atomic E-state index is 13.1. The lowest BCUT2D eigenvalue weighted by atomic mass is 9.95. The monoisotopic (exact) mass is 398 g/mol. The average Bonchev–Trinajstić information content (AvgIpc) is 3.32. The van der Waals surface area contributed by atoms with Gasteiger partial charge in [-0.05, 0) is 56.6 Å². The first-order chi connectivity index (χ1) is 13.6. The van der Waals surface area contributed by atoms with E-state index in [4.69, 9.17) is 4.74 Å². The van der Waals surface area contributed by atoms with E-state index in [0.29, 0.717) is 10.6 Å². The Hall–Kier alpha value is -2.34. The van der Waals surface area contributed by atoms with Crippen LogP contribution >= 0.6 is 11.3 Å². The second kappa shape index (κ2) is 7.95. The molecule has 1 fully saturated rings. The summed E-state index contributed by atoms with van der Waals surface area (Å²) in [6.45, 7) is 2.80. The highest BCUT2D eigenvalue weighted by Gasteiger charge is 2.32. The van der Waals surface area contributed by atoms with E-state index in [0.717, 1.165) is 50.6 Å². The number of fused-ring (bicyclic) bond motifs is 1. The lowest BCUT2D eigenvalue weighted by Crippen LogP contribution is -2.34. The van der Waals surface area contributed by atoms with Crippen molar-refractivity contribution >= 4 is 28.3 Å². The van der Waals surface area contributed by atoms with Crippen molar-refractivity contribution in [3.8, 4) is 0 Å². The summed E-state index contributed by atoms with van der Waals surface area (Å²) < 4.78 is 5.01. The van der Waals surface area contributed by atoms with Gasteiger partial charge >= 0.3 is 12.0 Å². The first kappa shape index (κ1) is 19.0. The van der Waals surface area contributed by atoms with Gasteiger partial charge in [0.15, 0.2) is 0 Å². The second-order valence-corrected chi connectivity index (χ2v) is 8.71. The van der Waals surface area contributed by atoms with Gasteiger partial charge in [-0.25, -0.2) is 9.59 Å². The second-order valence-electron chi connectivity index (χ2n) is 7.60. The molecular formula is C22H26N2O3S. The summed E-state index contributed by atoms with van der Waals surface area (Å²) in [7, 11) is 1.40. The number of esters is 1. The lowest BCUT2D eigenvalue weighted by molar-refractivity contribution is 0.0601. The summed E-state index contributed by atoms with van der Waals surface area (Å²) in [5.74, 6) is -0.355. The summed E-state index contributed by atoms with van der Waals surface area (Å²) in [6.07, 6.45) is 5.99. The standard InChI is InChI=1S/C22H26N2O3S/c1-14-7-5-8-15(13-14)17-10-6-12-24(17)22(26)23-20-19(21(25)27-2)16-9-3-4-11-18(16)28-20/h5,7-8,13,17H,3-4,6,9-12H2,1-2H3,(H,23,26)/t17-/m0/s1. The number of benzene rings is 1. The van der Waals surface area contributed by atoms with Crippen LogP contribution in [0.5, 0.6) is 0 Å². The van der Waals surface area contributed by atoms with Crippen molar-refractivity contribution in [2.45, 2.75) is 51.5 Å². The topological polar surface area (TPSA) is 58.6 Å². The number of nitrogens with zero attached hydrogens (tertiary/aromatic N) is 1. The van der Waals surface area contributed by atoms with Crippen molar-refractivity contribution in [3.05, 3.63) is 51.4 Å². The molecule has 2 aromatic rings. The quantitative estimate of drug-likeness (QED) is 0.733. The van der Waals surface area contributed by atoms with Gasteiger partial charge in [0, 0.05) is 11.4 Å². The molecule has 1 aromatic heterocycles. The summed E-state index contributed by atoms with van der Waals surface area (Å²) in [5, 5.41) is 3.68. The molecule has 1 aliphatic heterocycles. The maximum atomic E-state index is 13.1. The fourth-order valence-corrected chi connectivity index (χ4v) is 5.64. The molecule has 2 amide bonds. The van der Waals surface area contributed by atoms with Gasteiger partial charge in [-0.1, -0.05) is 29.8 Å². The summed E-state index contributed by atoms with van der Waals surface area (Å²) >= 11 is 1.53. The number of likely N-dealkylation sites (tertiary alicyclic amines) is 1. The number of aryl methyl sites for hydroxylation is 2. The number of urea groups is 1. The number of carbonyl (C=O) groups excluding carboxylic acids is 2. The van der Waals surface area contributed by atoms with E-state index in [-0.39, 0.29) is 18.0 Å². The number of rotatable bonds is 3. The van der Waals surface area contributed by atoms with Crippen molar-refractivity contribution in [1.82, 2.24) is 4.90 Å². The summed E-state index contributed by atoms with van der Waals surface area (Å²) in [5.41, 5.74) is 3.99. The third kappa shape index (κ3) is 3.53. The Morgan fingerprint density at radius 3 is 2.82 bits per heavy atom. The zero-order valence-corrected chi connectivity index (χ0v) is 17.2. The van der Waals surface area contributed by atoms with Gasteiger partial charge < -0.3 is 9.64 Å². The molecule has 6 heteroatoms. The van der Waals surface area contributed by atoms with Gasteiger partial charge in [-0.3, -0.25) is 5.32 Å². The van der Waals surface area contributed by atoms with E-state index >= 15 is 0 Å². The highest BCUT2D eigenvalue weighted by atomic mass is 32.1. The maximum Gasteiger partial charge on any atom is 0.341 e. The van der Waals surface area contributed by atoms with Crippen LogP contribution < -0.4 is 5.32 Å². The zero-order valence-electron chi connectivity index (χ0n) is 16.4. The van der Waals surface area contributed by atoms with Crippen molar-refractivity contribution in [2.75, 3.05) is 19.0 Å². The summed E-state index contributed by atoms with van der Waals surface area (Å²) in [6, 6.07) is 8.31. The Balaban J connectivity index is 1.59. The zero-order chi connectivity index (χ0) is 19.7. The average molecular weight is 399 g/mol. The van der Waals surface area contributed by atoms with Crippen molar-refractivity contribution in [2.24, 2.45) is 0 Å². The van der Waals surface area contributed by atoms with Gasteiger partial charge in [-0.2, -0.15) is 0 Å². The highest BCUT2D eigenvalue weighted by molar-refractivity contribution is 7.17. The first-order valence-electron chi connectivity index (χ1n) is 9.95. The molecule has 4 rings (SSSR count). The van der Waals surface area contributed by atoms with Crippen LogP contribution in [0.3, 0.4) is 0 Å². The molecule has 5 nitrogen and oxygen atoms in total. The van der Waals surface area contributed by atoms with Crippen LogP contribution in [0.25, 0.3) is 0 Å². The Bertz CT molecular complexity index is 905. The molecular weight excluding hydrogens is 372 g/mol. The number of methoxy groups -OCH3 is 1. The molecule has 1 atom stereocenters. The van der Waals surface area contributed by atoms with E-state index in [9.17, 15) is 9.59 Å². The largest absolute Gasteiger partial charge is 0.465 e. The number of ether oxygens (including phenoxy) is 1. The molecule has 0 spiro atoms. The van der Waals surface area contributed by atoms with Gasteiger partial charge in [-0.15, -0.1) is 11.3 Å². The molecule has 0 bridgehead atoms.